The van der Waals surface area contributed by atoms with Gasteiger partial charge in [-0.3, -0.25) is 9.36 Å². The van der Waals surface area contributed by atoms with Crippen LogP contribution in [0, 0.1) is 5.92 Å². The molecule has 0 radical (unpaired) electrons. The zero-order valence-corrected chi connectivity index (χ0v) is 15.5. The van der Waals surface area contributed by atoms with Crippen LogP contribution in [0.5, 0.6) is 5.75 Å². The second-order valence-corrected chi connectivity index (χ2v) is 8.76. The molecule has 0 fully saturated rings. The Morgan fingerprint density at radius 3 is 2.30 bits per heavy atom. The van der Waals surface area contributed by atoms with Crippen molar-refractivity contribution in [2.24, 2.45) is 5.92 Å². The minimum Gasteiger partial charge on any atom is -0.464 e. The van der Waals surface area contributed by atoms with Crippen molar-refractivity contribution in [3.05, 3.63) is 30.3 Å². The minimum absolute atomic E-state index is 0.271. The van der Waals surface area contributed by atoms with Gasteiger partial charge in [0, 0.05) is 0 Å². The second kappa shape index (κ2) is 9.09. The van der Waals surface area contributed by atoms with E-state index in [9.17, 15) is 9.36 Å². The average molecular weight is 341 g/mol. The summed E-state index contributed by atoms with van der Waals surface area (Å²) in [5.74, 6) is 0.406. The lowest BCUT2D eigenvalue weighted by Gasteiger charge is -2.26. The van der Waals surface area contributed by atoms with E-state index in [1.54, 1.807) is 32.9 Å². The molecular weight excluding hydrogens is 313 g/mol. The van der Waals surface area contributed by atoms with E-state index >= 15 is 0 Å². The third-order valence-electron chi connectivity index (χ3n) is 3.60. The van der Waals surface area contributed by atoms with E-state index in [0.29, 0.717) is 18.3 Å². The molecule has 1 rings (SSSR count). The first-order valence-corrected chi connectivity index (χ1v) is 9.76. The zero-order valence-electron chi connectivity index (χ0n) is 14.6. The number of rotatable bonds is 9. The van der Waals surface area contributed by atoms with Gasteiger partial charge in [-0.2, -0.15) is 0 Å². The molecule has 0 aromatic heterocycles. The van der Waals surface area contributed by atoms with E-state index in [-0.39, 0.29) is 5.66 Å². The van der Waals surface area contributed by atoms with Gasteiger partial charge in [0.1, 0.15) is 11.8 Å². The Morgan fingerprint density at radius 2 is 1.78 bits per heavy atom. The van der Waals surface area contributed by atoms with E-state index in [1.165, 1.54) is 0 Å². The molecule has 0 saturated heterocycles. The van der Waals surface area contributed by atoms with Crippen LogP contribution in [-0.4, -0.2) is 24.3 Å². The molecule has 23 heavy (non-hydrogen) atoms. The van der Waals surface area contributed by atoms with E-state index < -0.39 is 19.5 Å². The van der Waals surface area contributed by atoms with Gasteiger partial charge in [0.25, 0.3) is 0 Å². The summed E-state index contributed by atoms with van der Waals surface area (Å²) in [6.07, 6.45) is 0.941. The number of carbonyl (C=O) groups excluding carboxylic acids is 1. The molecule has 0 aliphatic rings. The fraction of sp³-hybridized carbons (Fsp3) is 0.588. The predicted octanol–water partition coefficient (Wildman–Crippen LogP) is 4.23. The molecule has 130 valence electrons. The first-order valence-electron chi connectivity index (χ1n) is 8.07. The van der Waals surface area contributed by atoms with Crippen molar-refractivity contribution in [2.75, 3.05) is 6.61 Å². The third-order valence-corrected chi connectivity index (χ3v) is 6.19. The Kier molecular flexibility index (Phi) is 7.80. The van der Waals surface area contributed by atoms with Crippen molar-refractivity contribution < 1.29 is 18.6 Å². The first-order chi connectivity index (χ1) is 10.8. The van der Waals surface area contributed by atoms with Crippen LogP contribution in [0.1, 0.15) is 41.0 Å². The van der Waals surface area contributed by atoms with E-state index in [0.717, 1.165) is 6.42 Å². The zero-order chi connectivity index (χ0) is 17.5. The van der Waals surface area contributed by atoms with Crippen molar-refractivity contribution in [3.63, 3.8) is 0 Å². The smallest absolute Gasteiger partial charge is 0.323 e. The van der Waals surface area contributed by atoms with Crippen molar-refractivity contribution >= 4 is 13.5 Å². The van der Waals surface area contributed by atoms with Gasteiger partial charge in [-0.05, 0) is 25.0 Å². The van der Waals surface area contributed by atoms with Crippen molar-refractivity contribution in [3.8, 4) is 5.75 Å². The van der Waals surface area contributed by atoms with Gasteiger partial charge in [0.05, 0.1) is 12.3 Å². The number of benzene rings is 1. The second-order valence-electron chi connectivity index (χ2n) is 6.09. The van der Waals surface area contributed by atoms with Crippen molar-refractivity contribution in [1.82, 2.24) is 5.09 Å². The van der Waals surface area contributed by atoms with Gasteiger partial charge in [0.2, 0.25) is 0 Å². The van der Waals surface area contributed by atoms with Crippen molar-refractivity contribution in [1.29, 1.82) is 0 Å². The Balaban J connectivity index is 2.71. The molecule has 0 spiro atoms. The number of hydrogen-bond donors (Lipinski definition) is 1. The lowest BCUT2D eigenvalue weighted by atomic mass is 10.1. The van der Waals surface area contributed by atoms with Gasteiger partial charge in [-0.25, -0.2) is 5.09 Å². The largest absolute Gasteiger partial charge is 0.464 e. The van der Waals surface area contributed by atoms with Crippen LogP contribution in [0.2, 0.25) is 0 Å². The monoisotopic (exact) mass is 341 g/mol. The molecule has 0 bridgehead atoms. The molecule has 5 nitrogen and oxygen atoms in total. The molecule has 0 heterocycles. The molecule has 1 unspecified atom stereocenters. The lowest BCUT2D eigenvalue weighted by Crippen LogP contribution is -2.37. The summed E-state index contributed by atoms with van der Waals surface area (Å²) in [4.78, 5) is 12.1. The maximum Gasteiger partial charge on any atom is 0.323 e. The SMILES string of the molecule is CCC(C)COC(=O)[C@H](C)N[P@@](=O)(Oc1ccccc1)C(C)C. The van der Waals surface area contributed by atoms with Crippen LogP contribution in [0.25, 0.3) is 0 Å². The van der Waals surface area contributed by atoms with E-state index in [1.807, 2.05) is 32.0 Å². The van der Waals surface area contributed by atoms with E-state index in [4.69, 9.17) is 9.26 Å². The first kappa shape index (κ1) is 19.7. The number of para-hydroxylation sites is 1. The highest BCUT2D eigenvalue weighted by atomic mass is 31.2. The predicted molar refractivity (Wildman–Crippen MR) is 92.8 cm³/mol. The third kappa shape index (κ3) is 6.36. The van der Waals surface area contributed by atoms with Gasteiger partial charge < -0.3 is 9.26 Å². The minimum atomic E-state index is -3.23. The summed E-state index contributed by atoms with van der Waals surface area (Å²) in [6.45, 7) is 9.67. The summed E-state index contributed by atoms with van der Waals surface area (Å²) in [6, 6.07) is 8.25. The van der Waals surface area contributed by atoms with Crippen LogP contribution < -0.4 is 9.61 Å². The van der Waals surface area contributed by atoms with E-state index in [2.05, 4.69) is 5.09 Å². The Bertz CT molecular complexity index is 533. The van der Waals surface area contributed by atoms with Crippen LogP contribution in [0.4, 0.5) is 0 Å². The highest BCUT2D eigenvalue weighted by molar-refractivity contribution is 7.58. The number of carbonyl (C=O) groups is 1. The average Bonchev–Trinajstić information content (AvgIpc) is 2.52. The maximum atomic E-state index is 13.1. The summed E-state index contributed by atoms with van der Waals surface area (Å²) in [5, 5.41) is 2.84. The maximum absolute atomic E-state index is 13.1. The molecular formula is C17H28NO4P. The Labute approximate surface area is 139 Å². The summed E-state index contributed by atoms with van der Waals surface area (Å²) >= 11 is 0. The number of nitrogens with one attached hydrogen (secondary N) is 1. The van der Waals surface area contributed by atoms with Gasteiger partial charge in [0.15, 0.2) is 0 Å². The summed E-state index contributed by atoms with van der Waals surface area (Å²) in [7, 11) is -3.23. The molecule has 0 amide bonds. The Hall–Kier alpha value is -1.32. The van der Waals surface area contributed by atoms with Gasteiger partial charge in [-0.1, -0.05) is 52.3 Å². The lowest BCUT2D eigenvalue weighted by molar-refractivity contribution is -0.146. The van der Waals surface area contributed by atoms with Crippen molar-refractivity contribution in [2.45, 2.75) is 52.7 Å². The Morgan fingerprint density at radius 1 is 1.17 bits per heavy atom. The van der Waals surface area contributed by atoms with Crippen LogP contribution >= 0.6 is 7.52 Å². The molecule has 6 heteroatoms. The van der Waals surface area contributed by atoms with Gasteiger partial charge in [-0.15, -0.1) is 0 Å². The molecule has 0 saturated carbocycles. The number of hydrogen-bond acceptors (Lipinski definition) is 4. The highest BCUT2D eigenvalue weighted by Crippen LogP contribution is 2.48. The number of esters is 1. The molecule has 1 aromatic carbocycles. The van der Waals surface area contributed by atoms with Crippen LogP contribution in [-0.2, 0) is 14.1 Å². The fourth-order valence-electron chi connectivity index (χ4n) is 1.71. The molecule has 1 aromatic rings. The molecule has 0 aliphatic carbocycles. The molecule has 0 aliphatic heterocycles. The molecule has 3 atom stereocenters. The van der Waals surface area contributed by atoms with Crippen LogP contribution in [0.15, 0.2) is 30.3 Å². The summed E-state index contributed by atoms with van der Waals surface area (Å²) in [5.41, 5.74) is -0.271. The highest BCUT2D eigenvalue weighted by Gasteiger charge is 2.33. The number of ether oxygens (including phenoxy) is 1. The normalized spacial score (nSPS) is 16.4. The quantitative estimate of drug-likeness (QED) is 0.538. The van der Waals surface area contributed by atoms with Crippen LogP contribution in [0.3, 0.4) is 0 Å². The van der Waals surface area contributed by atoms with Gasteiger partial charge >= 0.3 is 13.5 Å². The summed E-state index contributed by atoms with van der Waals surface area (Å²) < 4.78 is 24.0. The standard InChI is InChI=1S/C17H28NO4P/c1-6-14(4)12-21-17(19)15(5)18-23(20,13(2)3)22-16-10-8-7-9-11-16/h7-11,13-15H,6,12H2,1-5H3,(H,18,20)/t14?,15-,23-/m0/s1. The topological polar surface area (TPSA) is 64.6 Å². The fourth-order valence-corrected chi connectivity index (χ4v) is 3.35. The molecule has 1 N–H and O–H groups in total.